The molecule has 2 aliphatic rings. The van der Waals surface area contributed by atoms with Gasteiger partial charge in [0.1, 0.15) is 5.54 Å². The predicted octanol–water partition coefficient (Wildman–Crippen LogP) is 12.6. The van der Waals surface area contributed by atoms with Crippen LogP contribution in [0.15, 0.2) is 120 Å². The molecule has 5 aromatic carbocycles. The van der Waals surface area contributed by atoms with E-state index < -0.39 is 11.1 Å². The summed E-state index contributed by atoms with van der Waals surface area (Å²) in [6.45, 7) is 22.5. The fourth-order valence-corrected chi connectivity index (χ4v) is 9.06. The number of aromatic nitrogens is 2. The monoisotopic (exact) mass is 721 g/mol. The zero-order chi connectivity index (χ0) is 38.7. The molecule has 4 heteroatoms. The summed E-state index contributed by atoms with van der Waals surface area (Å²) < 4.78 is 9.75. The Morgan fingerprint density at radius 3 is 2.05 bits per heavy atom. The van der Waals surface area contributed by atoms with Crippen LogP contribution in [-0.2, 0) is 33.1 Å². The van der Waals surface area contributed by atoms with Gasteiger partial charge in [-0.05, 0) is 133 Å². The Morgan fingerprint density at radius 2 is 1.33 bits per heavy atom. The van der Waals surface area contributed by atoms with Crippen molar-refractivity contribution in [3.05, 3.63) is 165 Å². The van der Waals surface area contributed by atoms with Gasteiger partial charge in [0.05, 0.1) is 16.7 Å². The van der Waals surface area contributed by atoms with Crippen LogP contribution >= 0.6 is 0 Å². The molecule has 7 aromatic rings. The molecule has 3 heterocycles. The van der Waals surface area contributed by atoms with Crippen molar-refractivity contribution in [3.63, 3.8) is 0 Å². The van der Waals surface area contributed by atoms with Crippen LogP contribution in [0.2, 0.25) is 0 Å². The second kappa shape index (κ2) is 12.0. The fourth-order valence-electron chi connectivity index (χ4n) is 9.06. The summed E-state index contributed by atoms with van der Waals surface area (Å²) >= 11 is 0. The number of pyridine rings is 1. The maximum atomic E-state index is 7.30. The van der Waals surface area contributed by atoms with E-state index in [0.29, 0.717) is 5.90 Å². The molecule has 0 unspecified atom stereocenters. The Morgan fingerprint density at radius 1 is 0.655 bits per heavy atom. The van der Waals surface area contributed by atoms with Crippen molar-refractivity contribution in [2.75, 3.05) is 0 Å². The first-order valence-corrected chi connectivity index (χ1v) is 19.7. The van der Waals surface area contributed by atoms with Gasteiger partial charge in [0, 0.05) is 39.3 Å². The topological polar surface area (TPSA) is 39.4 Å². The van der Waals surface area contributed by atoms with Crippen LogP contribution in [0.1, 0.15) is 105 Å². The number of rotatable bonds is 3. The largest absolute Gasteiger partial charge is 0.463 e. The molecule has 2 atom stereocenters. The molecule has 1 aliphatic heterocycles. The van der Waals surface area contributed by atoms with Gasteiger partial charge in [-0.1, -0.05) is 102 Å². The Balaban J connectivity index is 1.29. The third kappa shape index (κ3) is 5.47. The first kappa shape index (κ1) is 35.2. The van der Waals surface area contributed by atoms with Crippen molar-refractivity contribution >= 4 is 27.7 Å². The van der Waals surface area contributed by atoms with E-state index in [1.807, 2.05) is 6.20 Å². The van der Waals surface area contributed by atoms with E-state index in [9.17, 15) is 0 Å². The first-order valence-electron chi connectivity index (χ1n) is 19.7. The number of nitrogens with zero attached hydrogens (tertiary/aromatic N) is 3. The van der Waals surface area contributed by atoms with Gasteiger partial charge in [-0.15, -0.1) is 0 Å². The smallest absolute Gasteiger partial charge is 0.218 e. The van der Waals surface area contributed by atoms with E-state index in [1.165, 1.54) is 60.8 Å². The molecule has 0 N–H and O–H groups in total. The van der Waals surface area contributed by atoms with Gasteiger partial charge in [-0.25, -0.2) is 4.99 Å². The molecule has 0 bridgehead atoms. The fraction of sp³-hybridized carbons (Fsp3) is 0.294. The van der Waals surface area contributed by atoms with Gasteiger partial charge >= 0.3 is 0 Å². The van der Waals surface area contributed by atoms with E-state index >= 15 is 0 Å². The summed E-state index contributed by atoms with van der Waals surface area (Å²) in [7, 11) is 0. The quantitative estimate of drug-likeness (QED) is 0.182. The molecule has 0 spiro atoms. The number of hydrogen-bond donors (Lipinski definition) is 0. The minimum absolute atomic E-state index is 0.0197. The average molecular weight is 722 g/mol. The summed E-state index contributed by atoms with van der Waals surface area (Å²) in [6.07, 6.45) is 2.82. The van der Waals surface area contributed by atoms with Crippen LogP contribution in [0.4, 0.5) is 0 Å². The molecule has 0 fully saturated rings. The summed E-state index contributed by atoms with van der Waals surface area (Å²) in [5, 5.41) is 2.48. The van der Waals surface area contributed by atoms with Crippen LogP contribution in [0.25, 0.3) is 38.8 Å². The molecule has 276 valence electrons. The van der Waals surface area contributed by atoms with Crippen molar-refractivity contribution in [2.24, 2.45) is 4.99 Å². The summed E-state index contributed by atoms with van der Waals surface area (Å²) in [5.74, 6) is 0.681. The molecule has 2 aromatic heterocycles. The molecule has 0 saturated heterocycles. The lowest BCUT2D eigenvalue weighted by molar-refractivity contribution is 0.0289. The van der Waals surface area contributed by atoms with E-state index in [2.05, 4.69) is 183 Å². The summed E-state index contributed by atoms with van der Waals surface area (Å²) in [4.78, 5) is 10.6. The van der Waals surface area contributed by atoms with Crippen molar-refractivity contribution < 1.29 is 4.74 Å². The second-order valence-electron chi connectivity index (χ2n) is 18.4. The Bertz CT molecular complexity index is 2730. The lowest BCUT2D eigenvalue weighted by Gasteiger charge is -2.38. The third-order valence-corrected chi connectivity index (χ3v) is 12.5. The summed E-state index contributed by atoms with van der Waals surface area (Å²) in [6, 6.07) is 40.4. The highest BCUT2D eigenvalue weighted by Crippen LogP contribution is 2.55. The molecule has 4 nitrogen and oxygen atoms in total. The van der Waals surface area contributed by atoms with Gasteiger partial charge in [-0.2, -0.15) is 0 Å². The van der Waals surface area contributed by atoms with Crippen LogP contribution in [0.5, 0.6) is 0 Å². The SMILES string of the molecule is Cc1ccc2c(c1)c1cc(C)c(-c3cc(C(C)(C)C)ccn3)cc1n2-c1cc(C2=N[C@]3(C)c4ccccc4Cc4ccccc4[C@]3(C)O2)cc(C(C)(C)C)c1. The highest BCUT2D eigenvalue weighted by molar-refractivity contribution is 6.11. The molecule has 0 radical (unpaired) electrons. The Hall–Kier alpha value is -5.48. The number of benzene rings is 5. The van der Waals surface area contributed by atoms with Crippen molar-refractivity contribution in [3.8, 4) is 16.9 Å². The number of aliphatic imine (C=N–C) groups is 1. The van der Waals surface area contributed by atoms with E-state index in [4.69, 9.17) is 14.7 Å². The van der Waals surface area contributed by atoms with E-state index in [1.54, 1.807) is 0 Å². The molecule has 0 saturated carbocycles. The van der Waals surface area contributed by atoms with Gasteiger partial charge in [0.15, 0.2) is 5.60 Å². The van der Waals surface area contributed by atoms with Crippen LogP contribution in [-0.4, -0.2) is 15.4 Å². The van der Waals surface area contributed by atoms with Crippen LogP contribution in [0.3, 0.4) is 0 Å². The highest BCUT2D eigenvalue weighted by atomic mass is 16.5. The van der Waals surface area contributed by atoms with E-state index in [0.717, 1.165) is 34.4 Å². The Labute approximate surface area is 325 Å². The summed E-state index contributed by atoms with van der Waals surface area (Å²) in [5.41, 5.74) is 15.1. The van der Waals surface area contributed by atoms with Gasteiger partial charge < -0.3 is 9.30 Å². The van der Waals surface area contributed by atoms with Gasteiger partial charge in [0.2, 0.25) is 5.90 Å². The lowest BCUT2D eigenvalue weighted by atomic mass is 9.74. The van der Waals surface area contributed by atoms with Gasteiger partial charge in [-0.3, -0.25) is 4.98 Å². The number of fused-ring (bicyclic) bond motifs is 8. The minimum Gasteiger partial charge on any atom is -0.463 e. The van der Waals surface area contributed by atoms with Crippen LogP contribution in [0, 0.1) is 13.8 Å². The van der Waals surface area contributed by atoms with E-state index in [-0.39, 0.29) is 10.8 Å². The molecular formula is C51H51N3O. The zero-order valence-electron chi connectivity index (χ0n) is 33.9. The minimum atomic E-state index is -0.700. The average Bonchev–Trinajstić information content (AvgIpc) is 3.58. The molecule has 55 heavy (non-hydrogen) atoms. The maximum absolute atomic E-state index is 7.30. The standard InChI is InChI=1S/C51H51N3O/c1-31-19-20-45-40(23-31)41-24-32(2)39(44-29-36(21-22-52-44)48(3,4)5)30-46(41)54(45)38-27-35(26-37(28-38)49(6,7)8)47-53-50(9)42-17-13-11-15-33(42)25-34-16-12-14-18-43(34)51(50,10)55-47/h11-24,26-30H,25H2,1-10H3/t50-,51+/m1/s1. The molecular weight excluding hydrogens is 671 g/mol. The zero-order valence-corrected chi connectivity index (χ0v) is 33.9. The normalized spacial score (nSPS) is 19.4. The number of aryl methyl sites for hydroxylation is 2. The predicted molar refractivity (Wildman–Crippen MR) is 229 cm³/mol. The van der Waals surface area contributed by atoms with Crippen molar-refractivity contribution in [2.45, 2.75) is 97.6 Å². The first-order chi connectivity index (χ1) is 26.0. The van der Waals surface area contributed by atoms with Crippen molar-refractivity contribution in [1.82, 2.24) is 9.55 Å². The second-order valence-corrected chi connectivity index (χ2v) is 18.4. The highest BCUT2D eigenvalue weighted by Gasteiger charge is 2.57. The number of ether oxygens (including phenoxy) is 1. The Kier molecular flexibility index (Phi) is 7.69. The molecule has 9 rings (SSSR count). The lowest BCUT2D eigenvalue weighted by Crippen LogP contribution is -2.42. The number of hydrogen-bond acceptors (Lipinski definition) is 3. The molecule has 1 aliphatic carbocycles. The van der Waals surface area contributed by atoms with Crippen molar-refractivity contribution in [1.29, 1.82) is 0 Å². The van der Waals surface area contributed by atoms with Gasteiger partial charge in [0.25, 0.3) is 0 Å². The maximum Gasteiger partial charge on any atom is 0.218 e. The molecule has 0 amide bonds. The van der Waals surface area contributed by atoms with Crippen LogP contribution < -0.4 is 0 Å². The third-order valence-electron chi connectivity index (χ3n) is 12.5.